The minimum absolute atomic E-state index is 0.267. The van der Waals surface area contributed by atoms with Gasteiger partial charge in [0.15, 0.2) is 5.60 Å². The van der Waals surface area contributed by atoms with Gasteiger partial charge in [0.25, 0.3) is 0 Å². The van der Waals surface area contributed by atoms with Crippen LogP contribution >= 0.6 is 0 Å². The van der Waals surface area contributed by atoms with Crippen molar-refractivity contribution in [3.8, 4) is 22.6 Å². The van der Waals surface area contributed by atoms with Gasteiger partial charge in [-0.15, -0.1) is 0 Å². The van der Waals surface area contributed by atoms with E-state index in [-0.39, 0.29) is 11.6 Å². The summed E-state index contributed by atoms with van der Waals surface area (Å²) in [5, 5.41) is 1.59. The Bertz CT molecular complexity index is 1890. The van der Waals surface area contributed by atoms with E-state index in [2.05, 4.69) is 57.2 Å². The van der Waals surface area contributed by atoms with E-state index in [1.165, 1.54) is 31.4 Å². The fourth-order valence-electron chi connectivity index (χ4n) is 7.11. The van der Waals surface area contributed by atoms with Crippen molar-refractivity contribution in [2.45, 2.75) is 57.5 Å². The smallest absolute Gasteiger partial charge is 0.178 e. The van der Waals surface area contributed by atoms with Crippen molar-refractivity contribution in [3.63, 3.8) is 0 Å². The molecule has 0 saturated heterocycles. The first-order valence-corrected chi connectivity index (χ1v) is 15.6. The molecule has 0 amide bonds. The molecule has 0 N–H and O–H groups in total. The van der Waals surface area contributed by atoms with Gasteiger partial charge in [0, 0.05) is 27.5 Å². The lowest BCUT2D eigenvalue weighted by Crippen LogP contribution is -2.35. The molecule has 0 saturated carbocycles. The topological polar surface area (TPSA) is 18.5 Å². The number of benzene rings is 5. The second-order valence-electron chi connectivity index (χ2n) is 12.5. The molecular weight excluding hydrogens is 550 g/mol. The molecule has 1 aliphatic heterocycles. The predicted octanol–water partition coefficient (Wildman–Crippen LogP) is 10.7. The Morgan fingerprint density at radius 1 is 0.750 bits per heavy atom. The minimum atomic E-state index is -0.955. The van der Waals surface area contributed by atoms with Gasteiger partial charge in [-0.1, -0.05) is 101 Å². The number of unbranched alkanes of at least 4 members (excludes halogenated alkanes) is 3. The van der Waals surface area contributed by atoms with Gasteiger partial charge in [0.2, 0.25) is 0 Å². The van der Waals surface area contributed by atoms with Crippen LogP contribution in [0.4, 0.5) is 8.78 Å². The second kappa shape index (κ2) is 10.9. The summed E-state index contributed by atoms with van der Waals surface area (Å²) < 4.78 is 42.8. The first kappa shape index (κ1) is 28.3. The third kappa shape index (κ3) is 4.51. The van der Waals surface area contributed by atoms with Crippen LogP contribution < -0.4 is 9.47 Å². The number of rotatable bonds is 8. The summed E-state index contributed by atoms with van der Waals surface area (Å²) in [5.41, 5.74) is 5.34. The number of ether oxygens (including phenoxy) is 2. The monoisotopic (exact) mass is 586 g/mol. The molecule has 1 unspecified atom stereocenters. The third-order valence-electron chi connectivity index (χ3n) is 9.31. The van der Waals surface area contributed by atoms with E-state index in [1.54, 1.807) is 12.1 Å². The van der Waals surface area contributed by atoms with Crippen molar-refractivity contribution in [1.29, 1.82) is 0 Å². The maximum absolute atomic E-state index is 15.0. The molecular formula is C40H36F2O2. The van der Waals surface area contributed by atoms with Crippen LogP contribution in [0.25, 0.3) is 28.0 Å². The van der Waals surface area contributed by atoms with E-state index >= 15 is 0 Å². The van der Waals surface area contributed by atoms with E-state index in [0.29, 0.717) is 17.7 Å². The molecule has 44 heavy (non-hydrogen) atoms. The average molecular weight is 587 g/mol. The van der Waals surface area contributed by atoms with Gasteiger partial charge in [-0.3, -0.25) is 0 Å². The molecule has 5 aromatic carbocycles. The summed E-state index contributed by atoms with van der Waals surface area (Å²) in [7, 11) is 0. The number of hydrogen-bond acceptors (Lipinski definition) is 2. The normalized spacial score (nSPS) is 17.6. The van der Waals surface area contributed by atoms with Gasteiger partial charge in [-0.25, -0.2) is 8.78 Å². The van der Waals surface area contributed by atoms with E-state index in [1.807, 2.05) is 42.5 Å². The molecule has 0 aromatic heterocycles. The van der Waals surface area contributed by atoms with E-state index in [4.69, 9.17) is 9.47 Å². The molecule has 1 heterocycles. The van der Waals surface area contributed by atoms with Gasteiger partial charge in [-0.2, -0.15) is 0 Å². The van der Waals surface area contributed by atoms with Crippen LogP contribution in [-0.2, 0) is 11.0 Å². The van der Waals surface area contributed by atoms with E-state index in [0.717, 1.165) is 56.5 Å². The fraction of sp³-hybridized carbons (Fsp3) is 0.250. The van der Waals surface area contributed by atoms with Crippen molar-refractivity contribution in [3.05, 3.63) is 137 Å². The molecule has 0 bridgehead atoms. The lowest BCUT2D eigenvalue weighted by molar-refractivity contribution is 0.163. The van der Waals surface area contributed by atoms with Crippen LogP contribution in [0.2, 0.25) is 0 Å². The Kier molecular flexibility index (Phi) is 7.04. The molecule has 0 spiro atoms. The maximum atomic E-state index is 15.0. The summed E-state index contributed by atoms with van der Waals surface area (Å²) in [6.07, 6.45) is 8.84. The molecule has 7 rings (SSSR count). The summed E-state index contributed by atoms with van der Waals surface area (Å²) in [6.45, 7) is 7.15. The van der Waals surface area contributed by atoms with Gasteiger partial charge >= 0.3 is 0 Å². The predicted molar refractivity (Wildman–Crippen MR) is 174 cm³/mol. The lowest BCUT2D eigenvalue weighted by Gasteiger charge is -2.38. The number of hydrogen-bond donors (Lipinski definition) is 0. The zero-order chi connectivity index (χ0) is 30.5. The zero-order valence-electron chi connectivity index (χ0n) is 25.4. The summed E-state index contributed by atoms with van der Waals surface area (Å²) in [6, 6.07) is 28.1. The molecule has 4 heteroatoms. The standard InChI is InChI=1S/C40H36F2O2/c1-4-5-6-10-23-43-30-17-13-27(14-18-30)40(26-11-8-7-9-12-26)22-21-33-37-36(31-19-15-28(41)24-34(31)38(33)44-40)32-20-16-29(42)25-35(32)39(37,2)3/h7-9,11-22,24-25H,4-6,10,23H2,1-3H3. The Balaban J connectivity index is 1.39. The van der Waals surface area contributed by atoms with E-state index in [9.17, 15) is 8.78 Å². The minimum Gasteiger partial charge on any atom is -0.494 e. The van der Waals surface area contributed by atoms with Crippen molar-refractivity contribution in [2.24, 2.45) is 0 Å². The number of fused-ring (bicyclic) bond motifs is 8. The summed E-state index contributed by atoms with van der Waals surface area (Å²) in [4.78, 5) is 0. The second-order valence-corrected chi connectivity index (χ2v) is 12.5. The molecule has 5 aromatic rings. The Labute approximate surface area is 258 Å². The Morgan fingerprint density at radius 2 is 1.48 bits per heavy atom. The molecule has 1 aliphatic carbocycles. The van der Waals surface area contributed by atoms with Crippen LogP contribution in [0.3, 0.4) is 0 Å². The highest BCUT2D eigenvalue weighted by molar-refractivity contribution is 6.08. The van der Waals surface area contributed by atoms with Crippen LogP contribution in [0.1, 0.15) is 74.3 Å². The van der Waals surface area contributed by atoms with Crippen molar-refractivity contribution < 1.29 is 18.3 Å². The highest BCUT2D eigenvalue weighted by atomic mass is 19.1. The molecule has 2 nitrogen and oxygen atoms in total. The fourth-order valence-corrected chi connectivity index (χ4v) is 7.11. The molecule has 222 valence electrons. The van der Waals surface area contributed by atoms with Crippen LogP contribution in [0, 0.1) is 11.6 Å². The first-order chi connectivity index (χ1) is 21.3. The van der Waals surface area contributed by atoms with Crippen LogP contribution in [0.5, 0.6) is 11.5 Å². The maximum Gasteiger partial charge on any atom is 0.178 e. The number of halogens is 2. The third-order valence-corrected chi connectivity index (χ3v) is 9.31. The van der Waals surface area contributed by atoms with Crippen molar-refractivity contribution in [2.75, 3.05) is 6.61 Å². The zero-order valence-corrected chi connectivity index (χ0v) is 25.4. The van der Waals surface area contributed by atoms with Gasteiger partial charge in [0.1, 0.15) is 23.1 Å². The van der Waals surface area contributed by atoms with Crippen molar-refractivity contribution >= 4 is 16.8 Å². The summed E-state index contributed by atoms with van der Waals surface area (Å²) in [5.74, 6) is 0.852. The van der Waals surface area contributed by atoms with E-state index < -0.39 is 11.0 Å². The van der Waals surface area contributed by atoms with Gasteiger partial charge in [-0.05, 0) is 76.5 Å². The highest BCUT2D eigenvalue weighted by Crippen LogP contribution is 2.58. The lowest BCUT2D eigenvalue weighted by atomic mass is 9.77. The van der Waals surface area contributed by atoms with Crippen LogP contribution in [-0.4, -0.2) is 6.61 Å². The molecule has 0 fully saturated rings. The Morgan fingerprint density at radius 3 is 2.25 bits per heavy atom. The largest absolute Gasteiger partial charge is 0.494 e. The molecule has 2 aliphatic rings. The summed E-state index contributed by atoms with van der Waals surface area (Å²) >= 11 is 0. The van der Waals surface area contributed by atoms with Crippen molar-refractivity contribution in [1.82, 2.24) is 0 Å². The highest BCUT2D eigenvalue weighted by Gasteiger charge is 2.44. The average Bonchev–Trinajstić information content (AvgIpc) is 3.27. The molecule has 0 radical (unpaired) electrons. The first-order valence-electron chi connectivity index (χ1n) is 15.6. The van der Waals surface area contributed by atoms with Gasteiger partial charge in [0.05, 0.1) is 6.61 Å². The quantitative estimate of drug-likeness (QED) is 0.168. The van der Waals surface area contributed by atoms with Gasteiger partial charge < -0.3 is 9.47 Å². The SMILES string of the molecule is CCCCCCOc1ccc(C2(c3ccccc3)C=Cc3c4c(c5ccc(F)cc5c3O2)-c2ccc(F)cc2C4(C)C)cc1. The van der Waals surface area contributed by atoms with Crippen LogP contribution in [0.15, 0.2) is 97.1 Å². The molecule has 1 atom stereocenters. The Hall–Kier alpha value is -4.44.